The molecule has 0 bridgehead atoms. The molecule has 2 atom stereocenters. The first-order chi connectivity index (χ1) is 12.6. The van der Waals surface area contributed by atoms with E-state index in [1.807, 2.05) is 11.0 Å². The van der Waals surface area contributed by atoms with E-state index < -0.39 is 5.95 Å². The molecular weight excluding hydrogens is 329 g/mol. The van der Waals surface area contributed by atoms with Crippen LogP contribution >= 0.6 is 0 Å². The topological polar surface area (TPSA) is 38.1 Å². The highest BCUT2D eigenvalue weighted by Gasteiger charge is 2.41. The van der Waals surface area contributed by atoms with E-state index >= 15 is 0 Å². The van der Waals surface area contributed by atoms with Crippen LogP contribution in [0.4, 0.5) is 4.39 Å². The van der Waals surface area contributed by atoms with Crippen molar-refractivity contribution in [3.05, 3.63) is 53.1 Å². The minimum absolute atomic E-state index is 0.154. The average Bonchev–Trinajstić information content (AvgIpc) is 3.44. The monoisotopic (exact) mass is 355 g/mol. The van der Waals surface area contributed by atoms with Crippen molar-refractivity contribution in [2.45, 2.75) is 63.5 Å². The predicted octanol–water partition coefficient (Wildman–Crippen LogP) is 4.20. The summed E-state index contributed by atoms with van der Waals surface area (Å²) >= 11 is 0. The van der Waals surface area contributed by atoms with Crippen LogP contribution in [0.5, 0.6) is 0 Å². The van der Waals surface area contributed by atoms with E-state index in [0.29, 0.717) is 11.6 Å². The lowest BCUT2D eigenvalue weighted by molar-refractivity contribution is 0.0595. The lowest BCUT2D eigenvalue weighted by atomic mass is 9.80. The first kappa shape index (κ1) is 17.3. The molecule has 2 saturated carbocycles. The fraction of sp³-hybridized carbons (Fsp3) is 0.524. The van der Waals surface area contributed by atoms with Gasteiger partial charge in [0.2, 0.25) is 5.95 Å². The van der Waals surface area contributed by atoms with Crippen molar-refractivity contribution in [2.24, 2.45) is 7.05 Å². The molecule has 0 spiro atoms. The van der Waals surface area contributed by atoms with Crippen molar-refractivity contribution in [1.82, 2.24) is 14.7 Å². The van der Waals surface area contributed by atoms with Crippen molar-refractivity contribution in [2.75, 3.05) is 0 Å². The SMILES string of the molecule is Cc1nn(C)c(F)c1C(=O)N(C1CC1)C1CCCC(c2ccccc2)C1. The molecule has 138 valence electrons. The van der Waals surface area contributed by atoms with Gasteiger partial charge in [-0.3, -0.25) is 4.79 Å². The standard InChI is InChI=1S/C21H26FN3O/c1-14-19(20(22)24(2)23-14)21(26)25(17-11-12-17)18-10-6-9-16(13-18)15-7-4-3-5-8-15/h3-5,7-8,16-18H,6,9-13H2,1-2H3. The van der Waals surface area contributed by atoms with E-state index in [1.54, 1.807) is 14.0 Å². The summed E-state index contributed by atoms with van der Waals surface area (Å²) in [7, 11) is 1.55. The van der Waals surface area contributed by atoms with E-state index in [-0.39, 0.29) is 23.6 Å². The number of carbonyl (C=O) groups is 1. The summed E-state index contributed by atoms with van der Waals surface area (Å²) in [4.78, 5) is 15.2. The second-order valence-corrected chi connectivity index (χ2v) is 7.75. The second kappa shape index (κ2) is 6.86. The highest BCUT2D eigenvalue weighted by Crippen LogP contribution is 2.40. The Hall–Kier alpha value is -2.17. The molecule has 1 amide bonds. The molecule has 2 aliphatic rings. The van der Waals surface area contributed by atoms with E-state index in [4.69, 9.17) is 0 Å². The molecule has 4 nitrogen and oxygen atoms in total. The number of aryl methyl sites for hydroxylation is 2. The normalized spacial score (nSPS) is 23.0. The quantitative estimate of drug-likeness (QED) is 0.824. The zero-order chi connectivity index (χ0) is 18.3. The molecule has 26 heavy (non-hydrogen) atoms. The van der Waals surface area contributed by atoms with E-state index in [1.165, 1.54) is 10.2 Å². The van der Waals surface area contributed by atoms with Gasteiger partial charge in [-0.15, -0.1) is 0 Å². The van der Waals surface area contributed by atoms with Gasteiger partial charge in [0, 0.05) is 19.1 Å². The van der Waals surface area contributed by atoms with Gasteiger partial charge < -0.3 is 4.90 Å². The predicted molar refractivity (Wildman–Crippen MR) is 98.5 cm³/mol. The Kier molecular flexibility index (Phi) is 4.55. The third-order valence-corrected chi connectivity index (χ3v) is 5.85. The van der Waals surface area contributed by atoms with Gasteiger partial charge in [0.1, 0.15) is 5.56 Å². The molecule has 2 aromatic rings. The number of hydrogen-bond donors (Lipinski definition) is 0. The van der Waals surface area contributed by atoms with Crippen LogP contribution in [-0.4, -0.2) is 32.7 Å². The van der Waals surface area contributed by atoms with E-state index in [9.17, 15) is 9.18 Å². The molecule has 1 aromatic carbocycles. The summed E-state index contributed by atoms with van der Waals surface area (Å²) in [5.41, 5.74) is 1.99. The third-order valence-electron chi connectivity index (χ3n) is 5.85. The lowest BCUT2D eigenvalue weighted by Gasteiger charge is -2.38. The van der Waals surface area contributed by atoms with Gasteiger partial charge in [-0.05, 0) is 50.5 Å². The van der Waals surface area contributed by atoms with Crippen LogP contribution in [-0.2, 0) is 7.05 Å². The van der Waals surface area contributed by atoms with E-state index in [2.05, 4.69) is 29.4 Å². The number of nitrogens with zero attached hydrogens (tertiary/aromatic N) is 3. The number of benzene rings is 1. The summed E-state index contributed by atoms with van der Waals surface area (Å²) in [6.07, 6.45) is 6.29. The Morgan fingerprint density at radius 1 is 1.15 bits per heavy atom. The molecule has 1 aromatic heterocycles. The van der Waals surface area contributed by atoms with E-state index in [0.717, 1.165) is 38.5 Å². The molecule has 2 aliphatic carbocycles. The number of carbonyl (C=O) groups excluding carboxylic acids is 1. The molecule has 0 radical (unpaired) electrons. The average molecular weight is 355 g/mol. The van der Waals surface area contributed by atoms with Crippen molar-refractivity contribution < 1.29 is 9.18 Å². The van der Waals surface area contributed by atoms with Crippen molar-refractivity contribution >= 4 is 5.91 Å². The van der Waals surface area contributed by atoms with Gasteiger partial charge in [0.25, 0.3) is 5.91 Å². The van der Waals surface area contributed by atoms with Crippen molar-refractivity contribution in [3.8, 4) is 0 Å². The summed E-state index contributed by atoms with van der Waals surface area (Å²) in [6.45, 7) is 1.72. The summed E-state index contributed by atoms with van der Waals surface area (Å²) in [5, 5.41) is 4.10. The molecule has 1 heterocycles. The summed E-state index contributed by atoms with van der Waals surface area (Å²) < 4.78 is 15.6. The number of rotatable bonds is 4. The lowest BCUT2D eigenvalue weighted by Crippen LogP contribution is -2.44. The first-order valence-corrected chi connectivity index (χ1v) is 9.63. The Bertz CT molecular complexity index is 797. The van der Waals surface area contributed by atoms with Crippen LogP contribution in [0.3, 0.4) is 0 Å². The van der Waals surface area contributed by atoms with Gasteiger partial charge in [-0.2, -0.15) is 9.49 Å². The molecule has 2 fully saturated rings. The highest BCUT2D eigenvalue weighted by molar-refractivity contribution is 5.96. The molecule has 5 heteroatoms. The molecule has 0 aliphatic heterocycles. The maximum atomic E-state index is 14.5. The molecule has 0 saturated heterocycles. The Morgan fingerprint density at radius 3 is 2.50 bits per heavy atom. The smallest absolute Gasteiger partial charge is 0.260 e. The summed E-state index contributed by atoms with van der Waals surface area (Å²) in [6, 6.07) is 11.0. The minimum Gasteiger partial charge on any atom is -0.332 e. The van der Waals surface area contributed by atoms with Crippen LogP contribution in [0.2, 0.25) is 0 Å². The number of halogens is 1. The fourth-order valence-corrected chi connectivity index (χ4v) is 4.43. The first-order valence-electron chi connectivity index (χ1n) is 9.63. The Balaban J connectivity index is 1.59. The summed E-state index contributed by atoms with van der Waals surface area (Å²) in [5.74, 6) is -0.216. The van der Waals surface area contributed by atoms with Gasteiger partial charge in [0.05, 0.1) is 5.69 Å². The van der Waals surface area contributed by atoms with Crippen LogP contribution < -0.4 is 0 Å². The van der Waals surface area contributed by atoms with Crippen LogP contribution in [0, 0.1) is 12.9 Å². The van der Waals surface area contributed by atoms with Gasteiger partial charge >= 0.3 is 0 Å². The number of aromatic nitrogens is 2. The Morgan fingerprint density at radius 2 is 1.88 bits per heavy atom. The second-order valence-electron chi connectivity index (χ2n) is 7.75. The maximum Gasteiger partial charge on any atom is 0.260 e. The van der Waals surface area contributed by atoms with Gasteiger partial charge in [-0.25, -0.2) is 4.68 Å². The maximum absolute atomic E-state index is 14.5. The zero-order valence-electron chi connectivity index (χ0n) is 15.5. The van der Waals surface area contributed by atoms with Gasteiger partial charge in [0.15, 0.2) is 0 Å². The highest BCUT2D eigenvalue weighted by atomic mass is 19.1. The number of amides is 1. The van der Waals surface area contributed by atoms with Crippen LogP contribution in [0.1, 0.15) is 66.1 Å². The van der Waals surface area contributed by atoms with Crippen molar-refractivity contribution in [1.29, 1.82) is 0 Å². The van der Waals surface area contributed by atoms with Crippen LogP contribution in [0.25, 0.3) is 0 Å². The zero-order valence-corrected chi connectivity index (χ0v) is 15.5. The van der Waals surface area contributed by atoms with Crippen LogP contribution in [0.15, 0.2) is 30.3 Å². The molecule has 4 rings (SSSR count). The Labute approximate surface area is 154 Å². The van der Waals surface area contributed by atoms with Crippen molar-refractivity contribution in [3.63, 3.8) is 0 Å². The fourth-order valence-electron chi connectivity index (χ4n) is 4.43. The molecular formula is C21H26FN3O. The number of hydrogen-bond acceptors (Lipinski definition) is 2. The molecule has 2 unspecified atom stereocenters. The minimum atomic E-state index is -0.520. The largest absolute Gasteiger partial charge is 0.332 e. The third kappa shape index (κ3) is 3.15. The molecule has 0 N–H and O–H groups in total. The van der Waals surface area contributed by atoms with Gasteiger partial charge in [-0.1, -0.05) is 36.8 Å².